The topological polar surface area (TPSA) is 6.25 Å². The van der Waals surface area contributed by atoms with Gasteiger partial charge in [-0.1, -0.05) is 37.1 Å². The quantitative estimate of drug-likeness (QED) is 0.368. The number of para-hydroxylation sites is 1. The monoisotopic (exact) mass is 371 g/mol. The zero-order valence-corrected chi connectivity index (χ0v) is 18.0. The highest BCUT2D eigenvalue weighted by Crippen LogP contribution is 2.39. The Kier molecular flexibility index (Phi) is 5.75. The molecule has 0 radical (unpaired) electrons. The minimum Gasteiger partial charge on any atom is -0.302 e. The van der Waals surface area contributed by atoms with Crippen LogP contribution in [-0.4, -0.2) is 23.9 Å². The van der Waals surface area contributed by atoms with Gasteiger partial charge in [0.05, 0.1) is 5.41 Å². The third-order valence-corrected chi connectivity index (χ3v) is 5.63. The zero-order valence-electron chi connectivity index (χ0n) is 18.0. The van der Waals surface area contributed by atoms with Crippen molar-refractivity contribution >= 4 is 23.2 Å². The highest BCUT2D eigenvalue weighted by molar-refractivity contribution is 6.05. The average Bonchev–Trinajstić information content (AvgIpc) is 2.88. The van der Waals surface area contributed by atoms with Crippen molar-refractivity contribution in [1.29, 1.82) is 0 Å². The average molecular weight is 372 g/mol. The molecule has 0 fully saturated rings. The summed E-state index contributed by atoms with van der Waals surface area (Å²) in [7, 11) is 2.16. The van der Waals surface area contributed by atoms with Gasteiger partial charge in [0, 0.05) is 42.4 Å². The van der Waals surface area contributed by atoms with Gasteiger partial charge in [0.25, 0.3) is 0 Å². The lowest BCUT2D eigenvalue weighted by Gasteiger charge is -2.17. The number of benzene rings is 2. The SMILES string of the molecule is CCC#CN(CC)c1ccc(C=CC2=[N+](C)c3ccccc3C2(C)C)c(C)c1. The molecule has 3 rings (SSSR count). The van der Waals surface area contributed by atoms with Crippen LogP contribution in [0.1, 0.15) is 50.8 Å². The smallest absolute Gasteiger partial charge is 0.209 e. The first-order valence-electron chi connectivity index (χ1n) is 10.2. The first kappa shape index (κ1) is 20.0. The largest absolute Gasteiger partial charge is 0.302 e. The van der Waals surface area contributed by atoms with Gasteiger partial charge in [-0.2, -0.15) is 4.58 Å². The van der Waals surface area contributed by atoms with Crippen LogP contribution in [0.2, 0.25) is 0 Å². The van der Waals surface area contributed by atoms with Crippen molar-refractivity contribution in [2.24, 2.45) is 0 Å². The van der Waals surface area contributed by atoms with Crippen molar-refractivity contribution in [1.82, 2.24) is 0 Å². The summed E-state index contributed by atoms with van der Waals surface area (Å²) in [6, 6.07) is 18.5. The number of aryl methyl sites for hydroxylation is 1. The fraction of sp³-hybridized carbons (Fsp3) is 0.346. The number of hydrogen-bond acceptors (Lipinski definition) is 1. The van der Waals surface area contributed by atoms with Crippen molar-refractivity contribution in [2.75, 3.05) is 18.5 Å². The Bertz CT molecular complexity index is 997. The van der Waals surface area contributed by atoms with Gasteiger partial charge < -0.3 is 4.90 Å². The summed E-state index contributed by atoms with van der Waals surface area (Å²) >= 11 is 0. The van der Waals surface area contributed by atoms with Crippen LogP contribution in [0.25, 0.3) is 6.08 Å². The van der Waals surface area contributed by atoms with Gasteiger partial charge in [-0.05, 0) is 57.0 Å². The van der Waals surface area contributed by atoms with Gasteiger partial charge in [0.2, 0.25) is 5.69 Å². The van der Waals surface area contributed by atoms with Gasteiger partial charge >= 0.3 is 0 Å². The molecule has 0 atom stereocenters. The van der Waals surface area contributed by atoms with E-state index in [2.05, 4.69) is 118 Å². The number of allylic oxidation sites excluding steroid dienone is 1. The van der Waals surface area contributed by atoms with E-state index in [-0.39, 0.29) is 5.41 Å². The molecule has 0 unspecified atom stereocenters. The van der Waals surface area contributed by atoms with Crippen molar-refractivity contribution in [3.63, 3.8) is 0 Å². The molecule has 0 N–H and O–H groups in total. The molecule has 2 aromatic carbocycles. The molecule has 0 bridgehead atoms. The molecule has 28 heavy (non-hydrogen) atoms. The maximum absolute atomic E-state index is 3.24. The lowest BCUT2D eigenvalue weighted by Crippen LogP contribution is -2.26. The molecule has 0 amide bonds. The van der Waals surface area contributed by atoms with E-state index in [1.165, 1.54) is 28.1 Å². The fourth-order valence-electron chi connectivity index (χ4n) is 3.99. The van der Waals surface area contributed by atoms with Crippen molar-refractivity contribution in [2.45, 2.75) is 46.5 Å². The molecule has 0 saturated carbocycles. The van der Waals surface area contributed by atoms with Crippen molar-refractivity contribution in [3.05, 3.63) is 65.2 Å². The molecule has 1 aliphatic heterocycles. The van der Waals surface area contributed by atoms with Crippen LogP contribution in [0.4, 0.5) is 11.4 Å². The van der Waals surface area contributed by atoms with E-state index in [1.54, 1.807) is 0 Å². The summed E-state index contributed by atoms with van der Waals surface area (Å²) in [5, 5.41) is 0. The van der Waals surface area contributed by atoms with Crippen LogP contribution in [0, 0.1) is 18.9 Å². The molecule has 1 heterocycles. The molecule has 2 nitrogen and oxygen atoms in total. The summed E-state index contributed by atoms with van der Waals surface area (Å²) in [5.74, 6) is 3.17. The third kappa shape index (κ3) is 3.62. The van der Waals surface area contributed by atoms with Crippen LogP contribution in [0.3, 0.4) is 0 Å². The highest BCUT2D eigenvalue weighted by atomic mass is 15.1. The number of nitrogens with zero attached hydrogens (tertiary/aromatic N) is 2. The number of anilines is 1. The lowest BCUT2D eigenvalue weighted by molar-refractivity contribution is -0.401. The second-order valence-corrected chi connectivity index (χ2v) is 7.85. The van der Waals surface area contributed by atoms with Gasteiger partial charge in [-0.25, -0.2) is 0 Å². The third-order valence-electron chi connectivity index (χ3n) is 5.63. The van der Waals surface area contributed by atoms with E-state index in [4.69, 9.17) is 0 Å². The van der Waals surface area contributed by atoms with Crippen LogP contribution >= 0.6 is 0 Å². The van der Waals surface area contributed by atoms with E-state index in [1.807, 2.05) is 0 Å². The lowest BCUT2D eigenvalue weighted by atomic mass is 9.81. The summed E-state index contributed by atoms with van der Waals surface area (Å²) in [5.41, 5.74) is 7.69. The molecule has 1 aliphatic rings. The first-order valence-corrected chi connectivity index (χ1v) is 10.2. The molecule has 2 aromatic rings. The Labute approximate surface area is 170 Å². The molecule has 0 saturated heterocycles. The Balaban J connectivity index is 1.91. The Morgan fingerprint density at radius 2 is 1.82 bits per heavy atom. The Morgan fingerprint density at radius 3 is 2.46 bits per heavy atom. The second kappa shape index (κ2) is 8.07. The molecule has 0 spiro atoms. The van der Waals surface area contributed by atoms with Crippen LogP contribution in [0.5, 0.6) is 0 Å². The van der Waals surface area contributed by atoms with Gasteiger partial charge in [0.15, 0.2) is 5.71 Å². The maximum atomic E-state index is 3.24. The predicted octanol–water partition coefficient (Wildman–Crippen LogP) is 5.91. The van der Waals surface area contributed by atoms with E-state index >= 15 is 0 Å². The highest BCUT2D eigenvalue weighted by Gasteiger charge is 2.42. The number of hydrogen-bond donors (Lipinski definition) is 0. The zero-order chi connectivity index (χ0) is 20.3. The molecule has 144 valence electrons. The van der Waals surface area contributed by atoms with Crippen molar-refractivity contribution < 1.29 is 4.58 Å². The Hall–Kier alpha value is -2.79. The number of rotatable bonds is 4. The Morgan fingerprint density at radius 1 is 1.07 bits per heavy atom. The second-order valence-electron chi connectivity index (χ2n) is 7.85. The molecule has 2 heteroatoms. The van der Waals surface area contributed by atoms with Crippen LogP contribution in [-0.2, 0) is 5.41 Å². The summed E-state index contributed by atoms with van der Waals surface area (Å²) in [6.07, 6.45) is 5.39. The molecular formula is C26H31N2+. The molecular weight excluding hydrogens is 340 g/mol. The predicted molar refractivity (Wildman–Crippen MR) is 122 cm³/mol. The minimum absolute atomic E-state index is 0.00441. The first-order chi connectivity index (χ1) is 13.4. The summed E-state index contributed by atoms with van der Waals surface area (Å²) in [6.45, 7) is 11.9. The molecule has 0 aliphatic carbocycles. The normalized spacial score (nSPS) is 14.8. The van der Waals surface area contributed by atoms with E-state index in [0.717, 1.165) is 18.7 Å². The maximum Gasteiger partial charge on any atom is 0.209 e. The fourth-order valence-corrected chi connectivity index (χ4v) is 3.99. The van der Waals surface area contributed by atoms with E-state index < -0.39 is 0 Å². The number of fused-ring (bicyclic) bond motifs is 1. The minimum atomic E-state index is 0.00441. The summed E-state index contributed by atoms with van der Waals surface area (Å²) in [4.78, 5) is 2.11. The summed E-state index contributed by atoms with van der Waals surface area (Å²) < 4.78 is 2.31. The van der Waals surface area contributed by atoms with Crippen molar-refractivity contribution in [3.8, 4) is 12.0 Å². The van der Waals surface area contributed by atoms with E-state index in [9.17, 15) is 0 Å². The van der Waals surface area contributed by atoms with Gasteiger partial charge in [0.1, 0.15) is 7.05 Å². The standard InChI is InChI=1S/C26H31N2/c1-7-9-18-28(8-2)22-16-14-21(20(3)19-22)15-17-25-26(4,5)23-12-10-11-13-24(23)27(25)6/h10-17,19H,7-8H2,1-6H3/q+1. The van der Waals surface area contributed by atoms with Gasteiger partial charge in [-0.3, -0.25) is 0 Å². The van der Waals surface area contributed by atoms with Crippen LogP contribution < -0.4 is 4.90 Å². The van der Waals surface area contributed by atoms with Crippen LogP contribution in [0.15, 0.2) is 48.5 Å². The molecule has 0 aromatic heterocycles. The van der Waals surface area contributed by atoms with Gasteiger partial charge in [-0.15, -0.1) is 0 Å². The van der Waals surface area contributed by atoms with E-state index in [0.29, 0.717) is 0 Å².